The number of halogens is 1. The van der Waals surface area contributed by atoms with Crippen molar-refractivity contribution in [2.24, 2.45) is 0 Å². The third-order valence-electron chi connectivity index (χ3n) is 3.34. The van der Waals surface area contributed by atoms with Gasteiger partial charge >= 0.3 is 18.3 Å². The number of carbonyl (C=O) groups is 3. The molecule has 0 bridgehead atoms. The van der Waals surface area contributed by atoms with Gasteiger partial charge in [-0.1, -0.05) is 11.6 Å². The quantitative estimate of drug-likeness (QED) is 0.320. The van der Waals surface area contributed by atoms with E-state index in [1.807, 2.05) is 0 Å². The second-order valence-electron chi connectivity index (χ2n) is 10.2. The van der Waals surface area contributed by atoms with Crippen molar-refractivity contribution in [3.05, 3.63) is 11.5 Å². The summed E-state index contributed by atoms with van der Waals surface area (Å²) >= 11 is 6.19. The molecule has 0 fully saturated rings. The molecule has 192 valence electrons. The maximum absolute atomic E-state index is 12.9. The van der Waals surface area contributed by atoms with Gasteiger partial charge in [-0.3, -0.25) is 0 Å². The highest BCUT2D eigenvalue weighted by Gasteiger charge is 2.36. The monoisotopic (exact) mass is 502 g/mol. The lowest BCUT2D eigenvalue weighted by Crippen LogP contribution is -2.44. The number of anilines is 1. The first-order chi connectivity index (χ1) is 15.4. The van der Waals surface area contributed by atoms with Crippen LogP contribution in [0.3, 0.4) is 0 Å². The first kappa shape index (κ1) is 29.2. The Labute approximate surface area is 205 Å². The summed E-state index contributed by atoms with van der Waals surface area (Å²) in [6.45, 7) is 15.5. The standard InChI is InChI=1S/C22H35ClN4O7/c1-20(2,3)32-17(28)24-11-10-12-31-14-15(23)25-13-26-16(14)27(18(29)33-21(4,5)6)19(30)34-22(7,8)9/h13H,10-12H2,1-9H3,(H,24,28). The number of nitrogens with zero attached hydrogens (tertiary/aromatic N) is 3. The van der Waals surface area contributed by atoms with E-state index < -0.39 is 35.1 Å². The second kappa shape index (κ2) is 11.5. The molecule has 1 aromatic heterocycles. The lowest BCUT2D eigenvalue weighted by Gasteiger charge is -2.28. The highest BCUT2D eigenvalue weighted by molar-refractivity contribution is 6.31. The lowest BCUT2D eigenvalue weighted by atomic mass is 10.2. The van der Waals surface area contributed by atoms with Crippen LogP contribution >= 0.6 is 11.6 Å². The third kappa shape index (κ3) is 10.9. The van der Waals surface area contributed by atoms with Gasteiger partial charge in [0.05, 0.1) is 6.61 Å². The Balaban J connectivity index is 3.05. The van der Waals surface area contributed by atoms with Crippen LogP contribution < -0.4 is 15.0 Å². The highest BCUT2D eigenvalue weighted by atomic mass is 35.5. The van der Waals surface area contributed by atoms with Crippen molar-refractivity contribution in [3.8, 4) is 5.75 Å². The van der Waals surface area contributed by atoms with Crippen LogP contribution in [0.15, 0.2) is 6.33 Å². The van der Waals surface area contributed by atoms with Crippen molar-refractivity contribution in [2.75, 3.05) is 18.1 Å². The Hall–Kier alpha value is -2.82. The summed E-state index contributed by atoms with van der Waals surface area (Å²) in [6, 6.07) is 0. The fourth-order valence-corrected chi connectivity index (χ4v) is 2.42. The van der Waals surface area contributed by atoms with Crippen LogP contribution in [0.2, 0.25) is 5.15 Å². The maximum Gasteiger partial charge on any atom is 0.425 e. The molecule has 0 spiro atoms. The number of hydrogen-bond donors (Lipinski definition) is 1. The van der Waals surface area contributed by atoms with Crippen LogP contribution in [-0.2, 0) is 14.2 Å². The summed E-state index contributed by atoms with van der Waals surface area (Å²) < 4.78 is 21.6. The number of amides is 3. The fourth-order valence-electron chi connectivity index (χ4n) is 2.24. The summed E-state index contributed by atoms with van der Waals surface area (Å²) in [6.07, 6.45) is -1.16. The van der Waals surface area contributed by atoms with Crippen LogP contribution in [-0.4, -0.2) is 58.2 Å². The second-order valence-corrected chi connectivity index (χ2v) is 10.6. The molecule has 1 N–H and O–H groups in total. The fraction of sp³-hybridized carbons (Fsp3) is 0.682. The molecule has 3 amide bonds. The Morgan fingerprint density at radius 1 is 0.882 bits per heavy atom. The van der Waals surface area contributed by atoms with E-state index >= 15 is 0 Å². The molecule has 0 unspecified atom stereocenters. The SMILES string of the molecule is CC(C)(C)OC(=O)NCCCOc1c(Cl)ncnc1N(C(=O)OC(C)(C)C)C(=O)OC(C)(C)C. The van der Waals surface area contributed by atoms with Crippen molar-refractivity contribution in [1.82, 2.24) is 15.3 Å². The summed E-state index contributed by atoms with van der Waals surface area (Å²) in [5.41, 5.74) is -2.41. The first-order valence-electron chi connectivity index (χ1n) is 10.8. The van der Waals surface area contributed by atoms with Gasteiger partial charge in [-0.15, -0.1) is 0 Å². The van der Waals surface area contributed by atoms with E-state index in [9.17, 15) is 14.4 Å². The lowest BCUT2D eigenvalue weighted by molar-refractivity contribution is 0.0424. The molecule has 0 saturated heterocycles. The molecule has 1 heterocycles. The normalized spacial score (nSPS) is 11.9. The molecule has 12 heteroatoms. The van der Waals surface area contributed by atoms with Gasteiger partial charge in [0, 0.05) is 6.54 Å². The minimum absolute atomic E-state index is 0.0619. The van der Waals surface area contributed by atoms with E-state index in [2.05, 4.69) is 15.3 Å². The molecule has 0 aliphatic heterocycles. The molecule has 0 saturated carbocycles. The molecule has 11 nitrogen and oxygen atoms in total. The molecule has 0 aromatic carbocycles. The number of nitrogens with one attached hydrogen (secondary N) is 1. The number of alkyl carbamates (subject to hydrolysis) is 1. The van der Waals surface area contributed by atoms with E-state index in [4.69, 9.17) is 30.5 Å². The zero-order chi connectivity index (χ0) is 26.3. The van der Waals surface area contributed by atoms with Crippen LogP contribution in [0, 0.1) is 0 Å². The van der Waals surface area contributed by atoms with E-state index in [1.165, 1.54) is 0 Å². The predicted molar refractivity (Wildman–Crippen MR) is 126 cm³/mol. The van der Waals surface area contributed by atoms with Crippen molar-refractivity contribution >= 4 is 35.7 Å². The number of ether oxygens (including phenoxy) is 4. The van der Waals surface area contributed by atoms with Gasteiger partial charge in [-0.2, -0.15) is 4.90 Å². The average Bonchev–Trinajstić information content (AvgIpc) is 2.58. The largest absolute Gasteiger partial charge is 0.487 e. The van der Waals surface area contributed by atoms with E-state index in [0.717, 1.165) is 6.33 Å². The smallest absolute Gasteiger partial charge is 0.425 e. The number of hydrogen-bond acceptors (Lipinski definition) is 9. The van der Waals surface area contributed by atoms with Crippen LogP contribution in [0.4, 0.5) is 20.2 Å². The van der Waals surface area contributed by atoms with Crippen molar-refractivity contribution in [3.63, 3.8) is 0 Å². The Morgan fingerprint density at radius 2 is 1.38 bits per heavy atom. The topological polar surface area (TPSA) is 129 Å². The zero-order valence-electron chi connectivity index (χ0n) is 21.3. The van der Waals surface area contributed by atoms with Gasteiger partial charge in [0.2, 0.25) is 5.75 Å². The highest BCUT2D eigenvalue weighted by Crippen LogP contribution is 2.34. The minimum atomic E-state index is -1.02. The number of carbonyl (C=O) groups excluding carboxylic acids is 3. The van der Waals surface area contributed by atoms with Crippen molar-refractivity contribution < 1.29 is 33.3 Å². The van der Waals surface area contributed by atoms with Crippen LogP contribution in [0.5, 0.6) is 5.75 Å². The minimum Gasteiger partial charge on any atom is -0.487 e. The number of rotatable bonds is 6. The Kier molecular flexibility index (Phi) is 9.92. The van der Waals surface area contributed by atoms with Crippen LogP contribution in [0.1, 0.15) is 68.7 Å². The van der Waals surface area contributed by atoms with Crippen molar-refractivity contribution in [2.45, 2.75) is 85.5 Å². The summed E-state index contributed by atoms with van der Waals surface area (Å²) in [4.78, 5) is 46.0. The molecule has 1 aromatic rings. The molecular formula is C22H35ClN4O7. The molecule has 34 heavy (non-hydrogen) atoms. The zero-order valence-corrected chi connectivity index (χ0v) is 22.0. The van der Waals surface area contributed by atoms with Gasteiger partial charge in [0.25, 0.3) is 0 Å². The number of imide groups is 1. The molecule has 0 aliphatic rings. The van der Waals surface area contributed by atoms with Gasteiger partial charge in [-0.05, 0) is 68.7 Å². The van der Waals surface area contributed by atoms with Crippen molar-refractivity contribution in [1.29, 1.82) is 0 Å². The van der Waals surface area contributed by atoms with Gasteiger partial charge in [0.1, 0.15) is 23.1 Å². The first-order valence-corrected chi connectivity index (χ1v) is 11.1. The predicted octanol–water partition coefficient (Wildman–Crippen LogP) is 5.10. The van der Waals surface area contributed by atoms with Gasteiger partial charge in [-0.25, -0.2) is 24.4 Å². The molecule has 1 rings (SSSR count). The van der Waals surface area contributed by atoms with E-state index in [1.54, 1.807) is 62.3 Å². The molecular weight excluding hydrogens is 468 g/mol. The van der Waals surface area contributed by atoms with Crippen LogP contribution in [0.25, 0.3) is 0 Å². The average molecular weight is 503 g/mol. The van der Waals surface area contributed by atoms with Gasteiger partial charge < -0.3 is 24.3 Å². The van der Waals surface area contributed by atoms with Gasteiger partial charge in [0.15, 0.2) is 11.0 Å². The summed E-state index contributed by atoms with van der Waals surface area (Å²) in [7, 11) is 0. The summed E-state index contributed by atoms with van der Waals surface area (Å²) in [5, 5.41) is 2.48. The Morgan fingerprint density at radius 3 is 1.85 bits per heavy atom. The molecule has 0 atom stereocenters. The Bertz CT molecular complexity index is 845. The van der Waals surface area contributed by atoms with E-state index in [0.29, 0.717) is 11.3 Å². The molecule has 0 radical (unpaired) electrons. The maximum atomic E-state index is 12.9. The molecule has 0 aliphatic carbocycles. The summed E-state index contributed by atoms with van der Waals surface area (Å²) in [5.74, 6) is -0.346. The van der Waals surface area contributed by atoms with E-state index in [-0.39, 0.29) is 29.9 Å². The number of aromatic nitrogens is 2. The third-order valence-corrected chi connectivity index (χ3v) is 3.61.